The van der Waals surface area contributed by atoms with E-state index in [0.717, 1.165) is 15.9 Å². The quantitative estimate of drug-likeness (QED) is 0.829. The topological polar surface area (TPSA) is 50.9 Å². The molecule has 1 aromatic rings. The molecule has 3 nitrogen and oxygen atoms in total. The van der Waals surface area contributed by atoms with E-state index >= 15 is 0 Å². The normalized spacial score (nSPS) is 8.15. The molecule has 0 aliphatic rings. The largest absolute Gasteiger partial charge is 0.369 e. The third-order valence-electron chi connectivity index (χ3n) is 1.18. The lowest BCUT2D eigenvalue weighted by Crippen LogP contribution is -2.13. The first-order chi connectivity index (χ1) is 5.33. The number of nitrogens with one attached hydrogen (secondary N) is 1. The second-order valence-electron chi connectivity index (χ2n) is 2.08. The van der Waals surface area contributed by atoms with Crippen molar-refractivity contribution >= 4 is 53.2 Å². The van der Waals surface area contributed by atoms with E-state index < -0.39 is 0 Å². The molecule has 1 heterocycles. The van der Waals surface area contributed by atoms with Crippen LogP contribution in [0.5, 0.6) is 0 Å². The minimum Gasteiger partial charge on any atom is -0.369 e. The molecule has 0 radical (unpaired) electrons. The van der Waals surface area contributed by atoms with Crippen molar-refractivity contribution in [3.8, 4) is 0 Å². The summed E-state index contributed by atoms with van der Waals surface area (Å²) in [5, 5.41) is 3.08. The van der Waals surface area contributed by atoms with Crippen LogP contribution in [0, 0.1) is 3.57 Å². The Kier molecular flexibility index (Phi) is 10.6. The van der Waals surface area contributed by atoms with E-state index in [4.69, 9.17) is 5.73 Å². The van der Waals surface area contributed by atoms with E-state index in [1.54, 1.807) is 0 Å². The van der Waals surface area contributed by atoms with Crippen LogP contribution >= 0.6 is 47.4 Å². The molecule has 0 aliphatic heterocycles. The summed E-state index contributed by atoms with van der Waals surface area (Å²) in [6.45, 7) is 1.40. The lowest BCUT2D eigenvalue weighted by molar-refractivity contribution is 1.01. The highest BCUT2D eigenvalue weighted by atomic mass is 127. The molecule has 0 spiro atoms. The Bertz CT molecular complexity index is 217. The van der Waals surface area contributed by atoms with Crippen molar-refractivity contribution in [2.75, 3.05) is 18.4 Å². The van der Waals surface area contributed by atoms with E-state index in [2.05, 4.69) is 32.9 Å². The van der Waals surface area contributed by atoms with Gasteiger partial charge in [0.1, 0.15) is 5.82 Å². The SMILES string of the molecule is Cl.Cl.NCCNc1ccc(I)cn1. The van der Waals surface area contributed by atoms with Crippen LogP contribution < -0.4 is 11.1 Å². The molecular formula is C7H12Cl2IN3. The zero-order chi connectivity index (χ0) is 8.10. The van der Waals surface area contributed by atoms with Gasteiger partial charge in [-0.2, -0.15) is 0 Å². The molecule has 6 heteroatoms. The van der Waals surface area contributed by atoms with E-state index in [-0.39, 0.29) is 24.8 Å². The van der Waals surface area contributed by atoms with Crippen LogP contribution in [0.2, 0.25) is 0 Å². The standard InChI is InChI=1S/C7H10IN3.2ClH/c8-6-1-2-7(11-5-6)10-4-3-9;;/h1-2,5H,3-4,9H2,(H,10,11);2*1H. The highest BCUT2D eigenvalue weighted by molar-refractivity contribution is 14.1. The first-order valence-corrected chi connectivity index (χ1v) is 4.46. The number of hydrogen-bond donors (Lipinski definition) is 2. The molecule has 0 aromatic carbocycles. The van der Waals surface area contributed by atoms with Crippen molar-refractivity contribution < 1.29 is 0 Å². The Labute approximate surface area is 104 Å². The monoisotopic (exact) mass is 335 g/mol. The fraction of sp³-hybridized carbons (Fsp3) is 0.286. The molecule has 0 saturated heterocycles. The summed E-state index contributed by atoms with van der Waals surface area (Å²) in [5.41, 5.74) is 5.31. The van der Waals surface area contributed by atoms with Gasteiger partial charge in [0.05, 0.1) is 0 Å². The fourth-order valence-electron chi connectivity index (χ4n) is 0.681. The summed E-state index contributed by atoms with van der Waals surface area (Å²) in [6.07, 6.45) is 1.82. The molecule has 0 fully saturated rings. The van der Waals surface area contributed by atoms with Crippen molar-refractivity contribution in [3.05, 3.63) is 21.9 Å². The average molecular weight is 336 g/mol. The summed E-state index contributed by atoms with van der Waals surface area (Å²) in [5.74, 6) is 0.885. The number of nitrogens with zero attached hydrogens (tertiary/aromatic N) is 1. The van der Waals surface area contributed by atoms with Gasteiger partial charge in [0.15, 0.2) is 0 Å². The summed E-state index contributed by atoms with van der Waals surface area (Å²) in [7, 11) is 0. The third kappa shape index (κ3) is 6.31. The number of nitrogens with two attached hydrogens (primary N) is 1. The Hall–Kier alpha value is 0.220. The molecule has 13 heavy (non-hydrogen) atoms. The number of aromatic nitrogens is 1. The van der Waals surface area contributed by atoms with Crippen LogP contribution in [0.1, 0.15) is 0 Å². The Morgan fingerprint density at radius 3 is 2.54 bits per heavy atom. The van der Waals surface area contributed by atoms with E-state index in [1.165, 1.54) is 0 Å². The zero-order valence-corrected chi connectivity index (χ0v) is 10.7. The molecule has 0 unspecified atom stereocenters. The zero-order valence-electron chi connectivity index (χ0n) is 6.87. The average Bonchev–Trinajstić information content (AvgIpc) is 2.04. The smallest absolute Gasteiger partial charge is 0.125 e. The second kappa shape index (κ2) is 8.80. The van der Waals surface area contributed by atoms with Gasteiger partial charge in [0.25, 0.3) is 0 Å². The first kappa shape index (κ1) is 15.7. The highest BCUT2D eigenvalue weighted by Crippen LogP contribution is 2.05. The molecule has 1 aromatic heterocycles. The fourth-order valence-corrected chi connectivity index (χ4v) is 1.000. The van der Waals surface area contributed by atoms with Crippen molar-refractivity contribution in [1.82, 2.24) is 4.98 Å². The van der Waals surface area contributed by atoms with Crippen LogP contribution in [0.25, 0.3) is 0 Å². The summed E-state index contributed by atoms with van der Waals surface area (Å²) >= 11 is 2.22. The summed E-state index contributed by atoms with van der Waals surface area (Å²) < 4.78 is 1.14. The Morgan fingerprint density at radius 2 is 2.08 bits per heavy atom. The van der Waals surface area contributed by atoms with Crippen molar-refractivity contribution in [2.24, 2.45) is 5.73 Å². The van der Waals surface area contributed by atoms with Crippen molar-refractivity contribution in [1.29, 1.82) is 0 Å². The van der Waals surface area contributed by atoms with Gasteiger partial charge in [-0.05, 0) is 34.7 Å². The van der Waals surface area contributed by atoms with Crippen molar-refractivity contribution in [3.63, 3.8) is 0 Å². The lowest BCUT2D eigenvalue weighted by Gasteiger charge is -2.01. The number of halogens is 3. The second-order valence-corrected chi connectivity index (χ2v) is 3.32. The third-order valence-corrected chi connectivity index (χ3v) is 1.82. The summed E-state index contributed by atoms with van der Waals surface area (Å²) in [6, 6.07) is 3.95. The van der Waals surface area contributed by atoms with E-state index in [9.17, 15) is 0 Å². The van der Waals surface area contributed by atoms with Gasteiger partial charge in [0.2, 0.25) is 0 Å². The van der Waals surface area contributed by atoms with Crippen LogP contribution in [0.3, 0.4) is 0 Å². The summed E-state index contributed by atoms with van der Waals surface area (Å²) in [4.78, 5) is 4.14. The molecule has 0 bridgehead atoms. The highest BCUT2D eigenvalue weighted by Gasteiger charge is 1.90. The molecule has 0 amide bonds. The van der Waals surface area contributed by atoms with Gasteiger partial charge in [-0.25, -0.2) is 4.98 Å². The first-order valence-electron chi connectivity index (χ1n) is 3.38. The molecule has 3 N–H and O–H groups in total. The van der Waals surface area contributed by atoms with Crippen molar-refractivity contribution in [2.45, 2.75) is 0 Å². The lowest BCUT2D eigenvalue weighted by atomic mass is 10.4. The van der Waals surface area contributed by atoms with Gasteiger partial charge in [-0.3, -0.25) is 0 Å². The maximum atomic E-state index is 5.31. The molecule has 76 valence electrons. The van der Waals surface area contributed by atoms with Gasteiger partial charge in [-0.1, -0.05) is 0 Å². The van der Waals surface area contributed by atoms with E-state index in [1.807, 2.05) is 18.3 Å². The van der Waals surface area contributed by atoms with Crippen LogP contribution in [-0.4, -0.2) is 18.1 Å². The van der Waals surface area contributed by atoms with Crippen LogP contribution in [-0.2, 0) is 0 Å². The Balaban J connectivity index is 0. The van der Waals surface area contributed by atoms with Gasteiger partial charge < -0.3 is 11.1 Å². The molecule has 1 rings (SSSR count). The van der Waals surface area contributed by atoms with E-state index in [0.29, 0.717) is 6.54 Å². The minimum atomic E-state index is 0. The molecule has 0 aliphatic carbocycles. The number of hydrogen-bond acceptors (Lipinski definition) is 3. The van der Waals surface area contributed by atoms with Crippen LogP contribution in [0.4, 0.5) is 5.82 Å². The number of pyridine rings is 1. The molecule has 0 atom stereocenters. The molecule has 0 saturated carbocycles. The van der Waals surface area contributed by atoms with Gasteiger partial charge in [-0.15, -0.1) is 24.8 Å². The maximum absolute atomic E-state index is 5.31. The Morgan fingerprint density at radius 1 is 1.38 bits per heavy atom. The predicted octanol–water partition coefficient (Wildman–Crippen LogP) is 1.90. The van der Waals surface area contributed by atoms with Gasteiger partial charge in [0, 0.05) is 22.9 Å². The number of anilines is 1. The van der Waals surface area contributed by atoms with Gasteiger partial charge >= 0.3 is 0 Å². The predicted molar refractivity (Wildman–Crippen MR) is 69.0 cm³/mol. The molecular weight excluding hydrogens is 324 g/mol. The maximum Gasteiger partial charge on any atom is 0.125 e. The number of rotatable bonds is 3. The van der Waals surface area contributed by atoms with Crippen LogP contribution in [0.15, 0.2) is 18.3 Å². The minimum absolute atomic E-state index is 0.